The molecule has 0 spiro atoms. The van der Waals surface area contributed by atoms with E-state index < -0.39 is 5.60 Å². The average Bonchev–Trinajstić information content (AvgIpc) is 2.92. The molecule has 0 aromatic heterocycles. The summed E-state index contributed by atoms with van der Waals surface area (Å²) in [7, 11) is 1.46. The van der Waals surface area contributed by atoms with Crippen molar-refractivity contribution in [2.24, 2.45) is 11.8 Å². The van der Waals surface area contributed by atoms with Gasteiger partial charge < -0.3 is 19.1 Å². The third-order valence-electron chi connectivity index (χ3n) is 6.91. The predicted octanol–water partition coefficient (Wildman–Crippen LogP) is 7.15. The highest BCUT2D eigenvalue weighted by Gasteiger charge is 2.26. The molecule has 1 aliphatic heterocycles. The number of benzene rings is 2. The molecule has 2 aromatic carbocycles. The number of hydrogen-bond acceptors (Lipinski definition) is 6. The van der Waals surface area contributed by atoms with Crippen molar-refractivity contribution in [1.82, 2.24) is 4.90 Å². The zero-order valence-electron chi connectivity index (χ0n) is 24.0. The molecule has 39 heavy (non-hydrogen) atoms. The summed E-state index contributed by atoms with van der Waals surface area (Å²) in [6.45, 7) is 7.97. The smallest absolute Gasteiger partial charge is 0.410 e. The molecule has 1 atom stereocenters. The maximum Gasteiger partial charge on any atom is 0.410 e. The molecule has 1 heterocycles. The fraction of sp³-hybridized carbons (Fsp3) is 0.562. The molecular weight excluding hydrogens is 510 g/mol. The van der Waals surface area contributed by atoms with E-state index in [1.54, 1.807) is 11.8 Å². The molecule has 2 aromatic rings. The van der Waals surface area contributed by atoms with Crippen LogP contribution in [0.2, 0.25) is 0 Å². The molecule has 0 saturated carbocycles. The molecule has 0 N–H and O–H groups in total. The summed E-state index contributed by atoms with van der Waals surface area (Å²) in [6.07, 6.45) is 5.84. The van der Waals surface area contributed by atoms with E-state index in [4.69, 9.17) is 14.2 Å². The van der Waals surface area contributed by atoms with Gasteiger partial charge in [-0.15, -0.1) is 0 Å². The first-order valence-electron chi connectivity index (χ1n) is 14.1. The van der Waals surface area contributed by atoms with E-state index in [9.17, 15) is 9.59 Å². The average molecular weight is 556 g/mol. The molecule has 1 fully saturated rings. The maximum absolute atomic E-state index is 12.4. The highest BCUT2D eigenvalue weighted by atomic mass is 32.2. The van der Waals surface area contributed by atoms with E-state index in [0.717, 1.165) is 61.6 Å². The second-order valence-electron chi connectivity index (χ2n) is 11.3. The van der Waals surface area contributed by atoms with Crippen LogP contribution < -0.4 is 4.74 Å². The second kappa shape index (κ2) is 15.8. The number of carbonyl (C=O) groups is 2. The summed E-state index contributed by atoms with van der Waals surface area (Å²) >= 11 is 1.76. The minimum absolute atomic E-state index is 0.161. The Balaban J connectivity index is 1.31. The van der Waals surface area contributed by atoms with Crippen molar-refractivity contribution in [1.29, 1.82) is 0 Å². The normalized spacial score (nSPS) is 15.0. The number of amides is 1. The molecule has 6 nitrogen and oxygen atoms in total. The van der Waals surface area contributed by atoms with Crippen LogP contribution in [-0.2, 0) is 26.4 Å². The molecule has 1 unspecified atom stereocenters. The van der Waals surface area contributed by atoms with E-state index in [1.165, 1.54) is 19.1 Å². The van der Waals surface area contributed by atoms with Crippen LogP contribution >= 0.6 is 11.8 Å². The number of rotatable bonds is 13. The number of unbranched alkanes of at least 4 members (excludes halogenated alkanes) is 1. The Morgan fingerprint density at radius 3 is 2.31 bits per heavy atom. The third kappa shape index (κ3) is 11.5. The first-order valence-corrected chi connectivity index (χ1v) is 15.3. The molecular formula is C32H45NO5S. The van der Waals surface area contributed by atoms with E-state index in [1.807, 2.05) is 68.1 Å². The molecule has 0 radical (unpaired) electrons. The lowest BCUT2D eigenvalue weighted by atomic mass is 9.92. The largest absolute Gasteiger partial charge is 0.494 e. The fourth-order valence-corrected chi connectivity index (χ4v) is 5.82. The molecule has 1 saturated heterocycles. The Bertz CT molecular complexity index is 997. The van der Waals surface area contributed by atoms with Crippen molar-refractivity contribution >= 4 is 23.8 Å². The van der Waals surface area contributed by atoms with Crippen LogP contribution in [0.1, 0.15) is 64.0 Å². The quantitative estimate of drug-likeness (QED) is 0.193. The summed E-state index contributed by atoms with van der Waals surface area (Å²) in [6, 6.07) is 18.4. The van der Waals surface area contributed by atoms with Gasteiger partial charge in [-0.05, 0) is 82.1 Å². The van der Waals surface area contributed by atoms with Gasteiger partial charge in [0.1, 0.15) is 11.4 Å². The van der Waals surface area contributed by atoms with Gasteiger partial charge in [0.2, 0.25) is 0 Å². The van der Waals surface area contributed by atoms with Gasteiger partial charge in [-0.25, -0.2) is 4.79 Å². The van der Waals surface area contributed by atoms with E-state index in [0.29, 0.717) is 18.9 Å². The summed E-state index contributed by atoms with van der Waals surface area (Å²) < 4.78 is 16.5. The lowest BCUT2D eigenvalue weighted by Gasteiger charge is -2.33. The Kier molecular flexibility index (Phi) is 12.5. The first-order chi connectivity index (χ1) is 18.7. The van der Waals surface area contributed by atoms with Gasteiger partial charge in [-0.1, -0.05) is 48.9 Å². The van der Waals surface area contributed by atoms with Crippen molar-refractivity contribution in [3.05, 3.63) is 65.7 Å². The van der Waals surface area contributed by atoms with Gasteiger partial charge in [0.25, 0.3) is 0 Å². The fourth-order valence-electron chi connectivity index (χ4n) is 4.73. The van der Waals surface area contributed by atoms with Gasteiger partial charge in [-0.3, -0.25) is 4.79 Å². The van der Waals surface area contributed by atoms with Crippen molar-refractivity contribution < 1.29 is 23.8 Å². The van der Waals surface area contributed by atoms with Crippen molar-refractivity contribution in [2.75, 3.05) is 32.6 Å². The van der Waals surface area contributed by atoms with Crippen molar-refractivity contribution in [2.45, 2.75) is 70.7 Å². The topological polar surface area (TPSA) is 65.1 Å². The molecule has 0 aliphatic carbocycles. The Labute approximate surface area is 238 Å². The van der Waals surface area contributed by atoms with E-state index in [2.05, 4.69) is 12.1 Å². The van der Waals surface area contributed by atoms with Gasteiger partial charge in [-0.2, -0.15) is 11.8 Å². The monoisotopic (exact) mass is 555 g/mol. The summed E-state index contributed by atoms with van der Waals surface area (Å²) in [5.74, 6) is 2.79. The highest BCUT2D eigenvalue weighted by Crippen LogP contribution is 2.25. The standard InChI is InChI=1S/C32H45NO5S/c1-32(2,3)38-31(35)33-19-17-25(18-20-33)10-8-9-21-37-29-15-13-26(14-16-29)22-28(30(34)36-4)24-39-23-27-11-6-5-7-12-27/h5-7,11-16,25,28H,8-10,17-24H2,1-4H3. The van der Waals surface area contributed by atoms with Gasteiger partial charge in [0.15, 0.2) is 0 Å². The molecule has 214 valence electrons. The highest BCUT2D eigenvalue weighted by molar-refractivity contribution is 7.98. The van der Waals surface area contributed by atoms with Crippen LogP contribution in [0.4, 0.5) is 4.79 Å². The van der Waals surface area contributed by atoms with Crippen LogP contribution in [0.5, 0.6) is 5.75 Å². The second-order valence-corrected chi connectivity index (χ2v) is 12.4. The Morgan fingerprint density at radius 1 is 0.974 bits per heavy atom. The number of ether oxygens (including phenoxy) is 3. The van der Waals surface area contributed by atoms with Gasteiger partial charge in [0.05, 0.1) is 19.6 Å². The van der Waals surface area contributed by atoms with Gasteiger partial charge >= 0.3 is 12.1 Å². The minimum Gasteiger partial charge on any atom is -0.494 e. The number of methoxy groups -OCH3 is 1. The van der Waals surface area contributed by atoms with Crippen molar-refractivity contribution in [3.63, 3.8) is 0 Å². The predicted molar refractivity (Wildman–Crippen MR) is 158 cm³/mol. The lowest BCUT2D eigenvalue weighted by Crippen LogP contribution is -2.41. The van der Waals surface area contributed by atoms with Crippen LogP contribution in [0.3, 0.4) is 0 Å². The number of carbonyl (C=O) groups excluding carboxylic acids is 2. The molecule has 1 aliphatic rings. The summed E-state index contributed by atoms with van der Waals surface area (Å²) in [5.41, 5.74) is 1.92. The summed E-state index contributed by atoms with van der Waals surface area (Å²) in [4.78, 5) is 26.4. The first kappa shape index (κ1) is 30.9. The molecule has 7 heteroatoms. The molecule has 3 rings (SSSR count). The number of nitrogens with zero attached hydrogens (tertiary/aromatic N) is 1. The maximum atomic E-state index is 12.4. The Morgan fingerprint density at radius 2 is 1.67 bits per heavy atom. The molecule has 1 amide bonds. The van der Waals surface area contributed by atoms with E-state index in [-0.39, 0.29) is 18.0 Å². The summed E-state index contributed by atoms with van der Waals surface area (Å²) in [5, 5.41) is 0. The van der Waals surface area contributed by atoms with Crippen LogP contribution in [0.25, 0.3) is 0 Å². The van der Waals surface area contributed by atoms with Crippen LogP contribution in [0.15, 0.2) is 54.6 Å². The Hall–Kier alpha value is -2.67. The molecule has 0 bridgehead atoms. The number of thioether (sulfide) groups is 1. The lowest BCUT2D eigenvalue weighted by molar-refractivity contribution is -0.144. The third-order valence-corrected chi connectivity index (χ3v) is 8.09. The number of esters is 1. The SMILES string of the molecule is COC(=O)C(CSCc1ccccc1)Cc1ccc(OCCCCC2CCN(C(=O)OC(C)(C)C)CC2)cc1. The number of piperidine rings is 1. The van der Waals surface area contributed by atoms with Crippen LogP contribution in [-0.4, -0.2) is 55.1 Å². The van der Waals surface area contributed by atoms with E-state index >= 15 is 0 Å². The zero-order chi connectivity index (χ0) is 28.1. The van der Waals surface area contributed by atoms with Crippen molar-refractivity contribution in [3.8, 4) is 5.75 Å². The van der Waals surface area contributed by atoms with Crippen LogP contribution in [0, 0.1) is 11.8 Å². The number of hydrogen-bond donors (Lipinski definition) is 0. The minimum atomic E-state index is -0.443. The van der Waals surface area contributed by atoms with Gasteiger partial charge in [0, 0.05) is 24.6 Å². The zero-order valence-corrected chi connectivity index (χ0v) is 24.8. The number of likely N-dealkylation sites (tertiary alicyclic amines) is 1.